The second-order valence-corrected chi connectivity index (χ2v) is 5.50. The topological polar surface area (TPSA) is 44.4 Å². The zero-order valence-corrected chi connectivity index (χ0v) is 13.0. The highest BCUT2D eigenvalue weighted by Crippen LogP contribution is 2.21. The Balaban J connectivity index is 2.22. The van der Waals surface area contributed by atoms with Crippen molar-refractivity contribution < 1.29 is 4.79 Å². The van der Waals surface area contributed by atoms with Crippen LogP contribution in [0.25, 0.3) is 0 Å². The Morgan fingerprint density at radius 2 is 2.11 bits per heavy atom. The zero-order valence-electron chi connectivity index (χ0n) is 12.2. The SMILES string of the molecule is CCN(CC)CCCNCc1sccc1NC(C)=O. The van der Waals surface area contributed by atoms with E-state index in [1.807, 2.05) is 11.4 Å². The molecule has 108 valence electrons. The Labute approximate surface area is 120 Å². The van der Waals surface area contributed by atoms with Gasteiger partial charge in [-0.15, -0.1) is 11.3 Å². The van der Waals surface area contributed by atoms with Gasteiger partial charge in [-0.2, -0.15) is 0 Å². The summed E-state index contributed by atoms with van der Waals surface area (Å²) in [7, 11) is 0. The molecule has 0 spiro atoms. The lowest BCUT2D eigenvalue weighted by Crippen LogP contribution is -2.27. The van der Waals surface area contributed by atoms with Gasteiger partial charge in [-0.05, 0) is 44.0 Å². The van der Waals surface area contributed by atoms with E-state index in [9.17, 15) is 4.79 Å². The molecule has 2 N–H and O–H groups in total. The van der Waals surface area contributed by atoms with E-state index in [-0.39, 0.29) is 5.91 Å². The van der Waals surface area contributed by atoms with E-state index in [0.29, 0.717) is 0 Å². The van der Waals surface area contributed by atoms with E-state index >= 15 is 0 Å². The van der Waals surface area contributed by atoms with E-state index in [1.54, 1.807) is 18.3 Å². The van der Waals surface area contributed by atoms with Gasteiger partial charge in [-0.3, -0.25) is 4.79 Å². The van der Waals surface area contributed by atoms with Crippen molar-refractivity contribution in [3.8, 4) is 0 Å². The summed E-state index contributed by atoms with van der Waals surface area (Å²) in [4.78, 5) is 14.7. The van der Waals surface area contributed by atoms with E-state index in [2.05, 4.69) is 29.4 Å². The first-order valence-corrected chi connectivity index (χ1v) is 7.82. The van der Waals surface area contributed by atoms with E-state index in [0.717, 1.165) is 44.8 Å². The van der Waals surface area contributed by atoms with Gasteiger partial charge in [-0.25, -0.2) is 0 Å². The molecule has 0 atom stereocenters. The number of nitrogens with one attached hydrogen (secondary N) is 2. The molecule has 1 heterocycles. The summed E-state index contributed by atoms with van der Waals surface area (Å²) in [6.07, 6.45) is 1.16. The Kier molecular flexibility index (Phi) is 7.70. The number of carbonyl (C=O) groups is 1. The fourth-order valence-electron chi connectivity index (χ4n) is 1.95. The summed E-state index contributed by atoms with van der Waals surface area (Å²) in [5, 5.41) is 8.30. The average molecular weight is 283 g/mol. The van der Waals surface area contributed by atoms with Crippen LogP contribution in [-0.2, 0) is 11.3 Å². The molecule has 0 bridgehead atoms. The molecule has 4 nitrogen and oxygen atoms in total. The minimum Gasteiger partial charge on any atom is -0.325 e. The second-order valence-electron chi connectivity index (χ2n) is 4.50. The van der Waals surface area contributed by atoms with Crippen molar-refractivity contribution in [3.05, 3.63) is 16.3 Å². The first kappa shape index (κ1) is 16.1. The third-order valence-corrected chi connectivity index (χ3v) is 3.98. The quantitative estimate of drug-likeness (QED) is 0.685. The molecule has 0 aliphatic carbocycles. The van der Waals surface area contributed by atoms with Crippen LogP contribution < -0.4 is 10.6 Å². The zero-order chi connectivity index (χ0) is 14.1. The molecule has 0 aromatic carbocycles. The molecule has 5 heteroatoms. The van der Waals surface area contributed by atoms with Crippen molar-refractivity contribution in [2.45, 2.75) is 33.7 Å². The van der Waals surface area contributed by atoms with Gasteiger partial charge >= 0.3 is 0 Å². The highest BCUT2D eigenvalue weighted by Gasteiger charge is 2.05. The molecule has 0 saturated heterocycles. The smallest absolute Gasteiger partial charge is 0.221 e. The Morgan fingerprint density at radius 3 is 2.74 bits per heavy atom. The lowest BCUT2D eigenvalue weighted by Gasteiger charge is -2.17. The van der Waals surface area contributed by atoms with Crippen LogP contribution in [0.2, 0.25) is 0 Å². The number of amides is 1. The third kappa shape index (κ3) is 6.18. The molecule has 0 aliphatic heterocycles. The number of anilines is 1. The van der Waals surface area contributed by atoms with Crippen LogP contribution in [0.4, 0.5) is 5.69 Å². The molecule has 1 rings (SSSR count). The van der Waals surface area contributed by atoms with Crippen molar-refractivity contribution in [1.29, 1.82) is 0 Å². The first-order chi connectivity index (χ1) is 9.17. The molecule has 0 saturated carbocycles. The lowest BCUT2D eigenvalue weighted by atomic mass is 10.3. The van der Waals surface area contributed by atoms with Crippen molar-refractivity contribution >= 4 is 22.9 Å². The van der Waals surface area contributed by atoms with Crippen LogP contribution in [0.5, 0.6) is 0 Å². The standard InChI is InChI=1S/C14H25N3OS/c1-4-17(5-2)9-6-8-15-11-14-13(7-10-19-14)16-12(3)18/h7,10,15H,4-6,8-9,11H2,1-3H3,(H,16,18). The first-order valence-electron chi connectivity index (χ1n) is 6.94. The Morgan fingerprint density at radius 1 is 1.37 bits per heavy atom. The van der Waals surface area contributed by atoms with Crippen molar-refractivity contribution in [3.63, 3.8) is 0 Å². The summed E-state index contributed by atoms with van der Waals surface area (Å²) in [6, 6.07) is 1.96. The number of hydrogen-bond donors (Lipinski definition) is 2. The molecule has 0 aliphatic rings. The van der Waals surface area contributed by atoms with Gasteiger partial charge < -0.3 is 15.5 Å². The van der Waals surface area contributed by atoms with Gasteiger partial charge in [0.2, 0.25) is 5.91 Å². The van der Waals surface area contributed by atoms with E-state index in [4.69, 9.17) is 0 Å². The maximum absolute atomic E-state index is 11.0. The molecule has 1 aromatic heterocycles. The molecule has 0 radical (unpaired) electrons. The highest BCUT2D eigenvalue weighted by molar-refractivity contribution is 7.10. The summed E-state index contributed by atoms with van der Waals surface area (Å²) >= 11 is 1.68. The fraction of sp³-hybridized carbons (Fsp3) is 0.643. The highest BCUT2D eigenvalue weighted by atomic mass is 32.1. The van der Waals surface area contributed by atoms with Gasteiger partial charge in [0.1, 0.15) is 0 Å². The van der Waals surface area contributed by atoms with Crippen molar-refractivity contribution in [2.24, 2.45) is 0 Å². The summed E-state index contributed by atoms with van der Waals surface area (Å²) in [6.45, 7) is 11.1. The second kappa shape index (κ2) is 9.07. The molecule has 19 heavy (non-hydrogen) atoms. The fourth-order valence-corrected chi connectivity index (χ4v) is 2.75. The van der Waals surface area contributed by atoms with Crippen LogP contribution >= 0.6 is 11.3 Å². The molecule has 0 unspecified atom stereocenters. The molecule has 1 amide bonds. The van der Waals surface area contributed by atoms with Crippen LogP contribution in [0.15, 0.2) is 11.4 Å². The monoisotopic (exact) mass is 283 g/mol. The van der Waals surface area contributed by atoms with Crippen LogP contribution in [0.3, 0.4) is 0 Å². The summed E-state index contributed by atoms with van der Waals surface area (Å²) < 4.78 is 0. The maximum atomic E-state index is 11.0. The average Bonchev–Trinajstić information content (AvgIpc) is 2.80. The van der Waals surface area contributed by atoms with Gasteiger partial charge in [0, 0.05) is 18.3 Å². The van der Waals surface area contributed by atoms with Gasteiger partial charge in [0.05, 0.1) is 5.69 Å². The minimum absolute atomic E-state index is 0.0128. The molecule has 1 aromatic rings. The third-order valence-electron chi connectivity index (χ3n) is 3.06. The summed E-state index contributed by atoms with van der Waals surface area (Å²) in [5.41, 5.74) is 0.939. The maximum Gasteiger partial charge on any atom is 0.221 e. The lowest BCUT2D eigenvalue weighted by molar-refractivity contribution is -0.114. The molecule has 0 fully saturated rings. The van der Waals surface area contributed by atoms with Gasteiger partial charge in [0.15, 0.2) is 0 Å². The Bertz CT molecular complexity index is 375. The van der Waals surface area contributed by atoms with Crippen LogP contribution in [0, 0.1) is 0 Å². The van der Waals surface area contributed by atoms with Crippen molar-refractivity contribution in [2.75, 3.05) is 31.5 Å². The van der Waals surface area contributed by atoms with Crippen LogP contribution in [-0.4, -0.2) is 37.0 Å². The molecular formula is C14H25N3OS. The molecular weight excluding hydrogens is 258 g/mol. The number of thiophene rings is 1. The van der Waals surface area contributed by atoms with Crippen molar-refractivity contribution in [1.82, 2.24) is 10.2 Å². The van der Waals surface area contributed by atoms with Crippen LogP contribution in [0.1, 0.15) is 32.1 Å². The number of nitrogens with zero attached hydrogens (tertiary/aromatic N) is 1. The number of hydrogen-bond acceptors (Lipinski definition) is 4. The number of rotatable bonds is 9. The number of carbonyl (C=O) groups excluding carboxylic acids is 1. The van der Waals surface area contributed by atoms with Gasteiger partial charge in [0.25, 0.3) is 0 Å². The minimum atomic E-state index is -0.0128. The predicted molar refractivity (Wildman–Crippen MR) is 82.7 cm³/mol. The normalized spacial score (nSPS) is 10.9. The Hall–Kier alpha value is -0.910. The van der Waals surface area contributed by atoms with E-state index < -0.39 is 0 Å². The van der Waals surface area contributed by atoms with E-state index in [1.165, 1.54) is 4.88 Å². The summed E-state index contributed by atoms with van der Waals surface area (Å²) in [5.74, 6) is -0.0128. The predicted octanol–water partition coefficient (Wildman–Crippen LogP) is 2.53. The largest absolute Gasteiger partial charge is 0.325 e. The van der Waals surface area contributed by atoms with Gasteiger partial charge in [-0.1, -0.05) is 13.8 Å².